The Morgan fingerprint density at radius 2 is 2.05 bits per heavy atom. The van der Waals surface area contributed by atoms with E-state index in [-0.39, 0.29) is 29.3 Å². The van der Waals surface area contributed by atoms with E-state index in [2.05, 4.69) is 5.32 Å². The molecule has 0 aliphatic heterocycles. The highest BCUT2D eigenvalue weighted by atomic mass is 32.2. The molecule has 0 saturated carbocycles. The molecule has 0 bridgehead atoms. The molecule has 1 rings (SSSR count). The number of hydrogen-bond acceptors (Lipinski definition) is 4. The molecule has 0 fully saturated rings. The highest BCUT2D eigenvalue weighted by Crippen LogP contribution is 2.19. The lowest BCUT2D eigenvalue weighted by Gasteiger charge is -2.08. The Labute approximate surface area is 118 Å². The maximum absolute atomic E-state index is 12.8. The molecule has 0 unspecified atom stereocenters. The Morgan fingerprint density at radius 1 is 1.35 bits per heavy atom. The molecule has 0 aliphatic rings. The van der Waals surface area contributed by atoms with Crippen molar-refractivity contribution in [2.45, 2.75) is 26.2 Å². The van der Waals surface area contributed by atoms with Crippen LogP contribution in [0.15, 0.2) is 18.2 Å². The van der Waals surface area contributed by atoms with Gasteiger partial charge >= 0.3 is 0 Å². The molecule has 3 N–H and O–H groups in total. The van der Waals surface area contributed by atoms with Crippen molar-refractivity contribution in [1.82, 2.24) is 0 Å². The van der Waals surface area contributed by atoms with Gasteiger partial charge in [0.05, 0.1) is 22.9 Å². The number of nitrogen functional groups attached to an aromatic ring is 1. The summed E-state index contributed by atoms with van der Waals surface area (Å²) in [4.78, 5) is 11.6. The van der Waals surface area contributed by atoms with Crippen molar-refractivity contribution >= 4 is 27.1 Å². The molecule has 112 valence electrons. The van der Waals surface area contributed by atoms with E-state index in [1.165, 1.54) is 12.1 Å². The minimum atomic E-state index is -3.20. The number of benzene rings is 1. The summed E-state index contributed by atoms with van der Waals surface area (Å²) in [6.07, 6.45) is 1.25. The van der Waals surface area contributed by atoms with E-state index in [1.54, 1.807) is 0 Å². The van der Waals surface area contributed by atoms with Crippen LogP contribution in [0.2, 0.25) is 0 Å². The van der Waals surface area contributed by atoms with Crippen LogP contribution in [-0.4, -0.2) is 25.8 Å². The maximum atomic E-state index is 12.8. The number of sulfone groups is 1. The van der Waals surface area contributed by atoms with Crippen molar-refractivity contribution in [1.29, 1.82) is 0 Å². The predicted octanol–water partition coefficient (Wildman–Crippen LogP) is 1.95. The first-order valence-electron chi connectivity index (χ1n) is 6.39. The van der Waals surface area contributed by atoms with Crippen LogP contribution < -0.4 is 11.1 Å². The summed E-state index contributed by atoms with van der Waals surface area (Å²) in [5.74, 6) is -1.05. The number of hydrogen-bond donors (Lipinski definition) is 2. The lowest BCUT2D eigenvalue weighted by molar-refractivity contribution is -0.115. The van der Waals surface area contributed by atoms with E-state index in [0.29, 0.717) is 6.42 Å². The van der Waals surface area contributed by atoms with Gasteiger partial charge in [-0.1, -0.05) is 13.3 Å². The van der Waals surface area contributed by atoms with Crippen molar-refractivity contribution < 1.29 is 17.6 Å². The van der Waals surface area contributed by atoms with Crippen LogP contribution in [-0.2, 0) is 14.6 Å². The van der Waals surface area contributed by atoms with E-state index in [1.807, 2.05) is 6.92 Å². The van der Waals surface area contributed by atoms with Gasteiger partial charge in [0.2, 0.25) is 5.91 Å². The number of nitrogens with one attached hydrogen (secondary N) is 1. The van der Waals surface area contributed by atoms with E-state index >= 15 is 0 Å². The Hall–Kier alpha value is -1.63. The maximum Gasteiger partial charge on any atom is 0.225 e. The van der Waals surface area contributed by atoms with Gasteiger partial charge in [-0.15, -0.1) is 0 Å². The quantitative estimate of drug-likeness (QED) is 0.753. The summed E-state index contributed by atoms with van der Waals surface area (Å²) in [6, 6.07) is 3.60. The number of anilines is 2. The molecule has 0 atom stereocenters. The number of nitrogens with two attached hydrogens (primary N) is 1. The number of rotatable bonds is 7. The SMILES string of the molecule is CCCCS(=O)(=O)CCC(=O)Nc1ccc(F)cc1N. The van der Waals surface area contributed by atoms with Gasteiger partial charge in [0, 0.05) is 6.42 Å². The van der Waals surface area contributed by atoms with Crippen molar-refractivity contribution in [3.8, 4) is 0 Å². The van der Waals surface area contributed by atoms with E-state index in [9.17, 15) is 17.6 Å². The molecule has 1 aromatic rings. The predicted molar refractivity (Wildman–Crippen MR) is 77.6 cm³/mol. The number of unbranched alkanes of at least 4 members (excludes halogenated alkanes) is 1. The number of carbonyl (C=O) groups excluding carboxylic acids is 1. The third kappa shape index (κ3) is 5.56. The molecule has 0 heterocycles. The van der Waals surface area contributed by atoms with Gasteiger partial charge in [0.25, 0.3) is 0 Å². The molecule has 0 saturated heterocycles. The van der Waals surface area contributed by atoms with Crippen LogP contribution in [0.5, 0.6) is 0 Å². The largest absolute Gasteiger partial charge is 0.397 e. The fraction of sp³-hybridized carbons (Fsp3) is 0.462. The molecule has 1 amide bonds. The van der Waals surface area contributed by atoms with Crippen LogP contribution in [0, 0.1) is 5.82 Å². The Balaban J connectivity index is 2.52. The molecular formula is C13H19FN2O3S. The van der Waals surface area contributed by atoms with Gasteiger partial charge in [-0.05, 0) is 24.6 Å². The number of amides is 1. The van der Waals surface area contributed by atoms with Crippen molar-refractivity contribution in [2.75, 3.05) is 22.6 Å². The molecule has 5 nitrogen and oxygen atoms in total. The normalized spacial score (nSPS) is 11.3. The lowest BCUT2D eigenvalue weighted by Crippen LogP contribution is -2.19. The second-order valence-electron chi connectivity index (χ2n) is 4.54. The van der Waals surface area contributed by atoms with E-state index < -0.39 is 21.6 Å². The summed E-state index contributed by atoms with van der Waals surface area (Å²) >= 11 is 0. The van der Waals surface area contributed by atoms with E-state index in [0.717, 1.165) is 12.5 Å². The van der Waals surface area contributed by atoms with Crippen LogP contribution in [0.1, 0.15) is 26.2 Å². The smallest absolute Gasteiger partial charge is 0.225 e. The summed E-state index contributed by atoms with van der Waals surface area (Å²) in [6.45, 7) is 1.90. The molecule has 1 aromatic carbocycles. The zero-order chi connectivity index (χ0) is 15.2. The summed E-state index contributed by atoms with van der Waals surface area (Å²) in [5.41, 5.74) is 5.93. The monoisotopic (exact) mass is 302 g/mol. The van der Waals surface area contributed by atoms with Crippen molar-refractivity contribution in [3.05, 3.63) is 24.0 Å². The van der Waals surface area contributed by atoms with Gasteiger partial charge in [-0.2, -0.15) is 0 Å². The number of carbonyl (C=O) groups is 1. The van der Waals surface area contributed by atoms with Crippen LogP contribution >= 0.6 is 0 Å². The van der Waals surface area contributed by atoms with Crippen LogP contribution in [0.3, 0.4) is 0 Å². The highest BCUT2D eigenvalue weighted by molar-refractivity contribution is 7.91. The second-order valence-corrected chi connectivity index (χ2v) is 6.84. The first-order valence-corrected chi connectivity index (χ1v) is 8.21. The van der Waals surface area contributed by atoms with E-state index in [4.69, 9.17) is 5.73 Å². The minimum absolute atomic E-state index is 0.0927. The highest BCUT2D eigenvalue weighted by Gasteiger charge is 2.13. The topological polar surface area (TPSA) is 89.3 Å². The molecule has 20 heavy (non-hydrogen) atoms. The van der Waals surface area contributed by atoms with Gasteiger partial charge in [-0.25, -0.2) is 12.8 Å². The summed E-state index contributed by atoms with van der Waals surface area (Å²) in [5, 5.41) is 2.47. The molecule has 0 radical (unpaired) electrons. The minimum Gasteiger partial charge on any atom is -0.397 e. The van der Waals surface area contributed by atoms with Crippen LogP contribution in [0.25, 0.3) is 0 Å². The zero-order valence-corrected chi connectivity index (χ0v) is 12.2. The van der Waals surface area contributed by atoms with Crippen LogP contribution in [0.4, 0.5) is 15.8 Å². The summed E-state index contributed by atoms with van der Waals surface area (Å²) in [7, 11) is -3.20. The molecule has 0 aromatic heterocycles. The van der Waals surface area contributed by atoms with Gasteiger partial charge in [0.15, 0.2) is 9.84 Å². The first kappa shape index (κ1) is 16.4. The zero-order valence-electron chi connectivity index (χ0n) is 11.4. The van der Waals surface area contributed by atoms with Gasteiger partial charge in [0.1, 0.15) is 5.82 Å². The Kier molecular flexibility index (Phi) is 5.94. The van der Waals surface area contributed by atoms with Crippen molar-refractivity contribution in [2.24, 2.45) is 0 Å². The molecule has 0 aliphatic carbocycles. The molecular weight excluding hydrogens is 283 g/mol. The van der Waals surface area contributed by atoms with Gasteiger partial charge < -0.3 is 11.1 Å². The first-order chi connectivity index (χ1) is 9.34. The third-order valence-corrected chi connectivity index (χ3v) is 4.47. The lowest BCUT2D eigenvalue weighted by atomic mass is 10.2. The average Bonchev–Trinajstić information content (AvgIpc) is 2.38. The standard InChI is InChI=1S/C13H19FN2O3S/c1-2-3-7-20(18,19)8-6-13(17)16-12-5-4-10(14)9-11(12)15/h4-5,9H,2-3,6-8,15H2,1H3,(H,16,17). The Bertz CT molecular complexity index is 573. The van der Waals surface area contributed by atoms with Crippen molar-refractivity contribution in [3.63, 3.8) is 0 Å². The third-order valence-electron chi connectivity index (χ3n) is 2.74. The fourth-order valence-corrected chi connectivity index (χ4v) is 3.00. The number of halogens is 1. The van der Waals surface area contributed by atoms with Gasteiger partial charge in [-0.3, -0.25) is 4.79 Å². The molecule has 7 heteroatoms. The fourth-order valence-electron chi connectivity index (χ4n) is 1.57. The molecule has 0 spiro atoms. The Morgan fingerprint density at radius 3 is 2.65 bits per heavy atom. The second kappa shape index (κ2) is 7.23. The summed E-state index contributed by atoms with van der Waals surface area (Å²) < 4.78 is 36.0. The average molecular weight is 302 g/mol.